The molecule has 1 aromatic rings. The van der Waals surface area contributed by atoms with Crippen molar-refractivity contribution in [3.05, 3.63) is 34.9 Å². The van der Waals surface area contributed by atoms with E-state index in [0.29, 0.717) is 30.9 Å². The molecule has 2 aliphatic rings. The van der Waals surface area contributed by atoms with Crippen LogP contribution in [0.1, 0.15) is 45.5 Å². The van der Waals surface area contributed by atoms with Gasteiger partial charge in [0.25, 0.3) is 5.91 Å². The minimum atomic E-state index is -0.0598. The molecule has 0 bridgehead atoms. The molecule has 1 amide bonds. The summed E-state index contributed by atoms with van der Waals surface area (Å²) in [6.45, 7) is 2.32. The largest absolute Gasteiger partial charge is 0.381 e. The van der Waals surface area contributed by atoms with Gasteiger partial charge in [0.15, 0.2) is 5.78 Å². The molecule has 1 heterocycles. The monoisotopic (exact) mass is 273 g/mol. The van der Waals surface area contributed by atoms with Crippen LogP contribution in [-0.4, -0.2) is 31.4 Å². The quantitative estimate of drug-likeness (QED) is 0.912. The van der Waals surface area contributed by atoms with Crippen molar-refractivity contribution in [3.8, 4) is 0 Å². The molecule has 3 rings (SSSR count). The van der Waals surface area contributed by atoms with Crippen molar-refractivity contribution in [2.75, 3.05) is 19.8 Å². The van der Waals surface area contributed by atoms with E-state index in [-0.39, 0.29) is 11.7 Å². The number of amides is 1. The summed E-state index contributed by atoms with van der Waals surface area (Å²) in [5, 5.41) is 2.96. The summed E-state index contributed by atoms with van der Waals surface area (Å²) in [6.07, 6.45) is 3.26. The van der Waals surface area contributed by atoms with Gasteiger partial charge in [0, 0.05) is 37.3 Å². The minimum Gasteiger partial charge on any atom is -0.381 e. The Morgan fingerprint density at radius 3 is 3.05 bits per heavy atom. The maximum Gasteiger partial charge on any atom is 0.251 e. The summed E-state index contributed by atoms with van der Waals surface area (Å²) in [4.78, 5) is 23.9. The zero-order valence-corrected chi connectivity index (χ0v) is 11.5. The van der Waals surface area contributed by atoms with Gasteiger partial charge in [-0.05, 0) is 36.8 Å². The highest BCUT2D eigenvalue weighted by Gasteiger charge is 2.24. The van der Waals surface area contributed by atoms with Crippen LogP contribution in [0.2, 0.25) is 0 Å². The van der Waals surface area contributed by atoms with Gasteiger partial charge in [-0.1, -0.05) is 12.1 Å². The number of hydrogen-bond donors (Lipinski definition) is 1. The molecule has 1 fully saturated rings. The lowest BCUT2D eigenvalue weighted by Gasteiger charge is -2.11. The summed E-state index contributed by atoms with van der Waals surface area (Å²) >= 11 is 0. The summed E-state index contributed by atoms with van der Waals surface area (Å²) in [5.41, 5.74) is 2.30. The number of carbonyl (C=O) groups is 2. The third-order valence-electron chi connectivity index (χ3n) is 4.19. The van der Waals surface area contributed by atoms with Gasteiger partial charge < -0.3 is 10.1 Å². The predicted molar refractivity (Wildman–Crippen MR) is 75.0 cm³/mol. The van der Waals surface area contributed by atoms with Crippen LogP contribution in [0.15, 0.2) is 18.2 Å². The van der Waals surface area contributed by atoms with Crippen molar-refractivity contribution >= 4 is 11.7 Å². The Hall–Kier alpha value is -1.68. The van der Waals surface area contributed by atoms with Crippen LogP contribution < -0.4 is 5.32 Å². The Morgan fingerprint density at radius 1 is 1.35 bits per heavy atom. The van der Waals surface area contributed by atoms with Gasteiger partial charge in [-0.2, -0.15) is 0 Å². The Kier molecular flexibility index (Phi) is 3.83. The van der Waals surface area contributed by atoms with Crippen molar-refractivity contribution in [2.45, 2.75) is 25.7 Å². The lowest BCUT2D eigenvalue weighted by molar-refractivity contribution is 0.0948. The molecular formula is C16H19NO3. The fraction of sp³-hybridized carbons (Fsp3) is 0.500. The fourth-order valence-electron chi connectivity index (χ4n) is 3.00. The van der Waals surface area contributed by atoms with Gasteiger partial charge in [0.2, 0.25) is 0 Å². The van der Waals surface area contributed by atoms with Crippen molar-refractivity contribution < 1.29 is 14.3 Å². The molecule has 1 aliphatic heterocycles. The van der Waals surface area contributed by atoms with Gasteiger partial charge >= 0.3 is 0 Å². The molecule has 0 spiro atoms. The molecule has 0 saturated carbocycles. The first-order chi connectivity index (χ1) is 9.75. The highest BCUT2D eigenvalue weighted by molar-refractivity contribution is 6.05. The van der Waals surface area contributed by atoms with E-state index in [9.17, 15) is 9.59 Å². The van der Waals surface area contributed by atoms with E-state index in [1.54, 1.807) is 6.07 Å². The minimum absolute atomic E-state index is 0.0598. The standard InChI is InChI=1S/C16H19NO3/c18-15-5-4-12-13(15)2-1-3-14(12)16(19)17-8-6-11-7-9-20-10-11/h1-3,11H,4-10H2,(H,17,19)/t11-/m1/s1. The molecule has 1 N–H and O–H groups in total. The van der Waals surface area contributed by atoms with Crippen molar-refractivity contribution in [3.63, 3.8) is 0 Å². The summed E-state index contributed by atoms with van der Waals surface area (Å²) in [5.74, 6) is 0.659. The number of rotatable bonds is 4. The molecule has 0 aromatic heterocycles. The first kappa shape index (κ1) is 13.3. The van der Waals surface area contributed by atoms with Crippen LogP contribution in [0.3, 0.4) is 0 Å². The Morgan fingerprint density at radius 2 is 2.25 bits per heavy atom. The number of hydrogen-bond acceptors (Lipinski definition) is 3. The van der Waals surface area contributed by atoms with E-state index in [2.05, 4.69) is 5.32 Å². The SMILES string of the molecule is O=C1CCc2c1cccc2C(=O)NCC[C@@H]1CCOC1. The zero-order chi connectivity index (χ0) is 13.9. The van der Waals surface area contributed by atoms with Crippen LogP contribution >= 0.6 is 0 Å². The third kappa shape index (κ3) is 2.61. The maximum atomic E-state index is 12.2. The van der Waals surface area contributed by atoms with Gasteiger partial charge in [0.05, 0.1) is 0 Å². The molecule has 0 radical (unpaired) electrons. The smallest absolute Gasteiger partial charge is 0.251 e. The molecule has 0 unspecified atom stereocenters. The Bertz CT molecular complexity index is 533. The molecule has 1 saturated heterocycles. The van der Waals surface area contributed by atoms with Crippen LogP contribution in [0.25, 0.3) is 0 Å². The Labute approximate surface area is 118 Å². The van der Waals surface area contributed by atoms with Crippen molar-refractivity contribution in [1.82, 2.24) is 5.32 Å². The summed E-state index contributed by atoms with van der Waals surface area (Å²) < 4.78 is 5.32. The van der Waals surface area contributed by atoms with E-state index in [4.69, 9.17) is 4.74 Å². The second kappa shape index (κ2) is 5.75. The van der Waals surface area contributed by atoms with Gasteiger partial charge in [-0.15, -0.1) is 0 Å². The Balaban J connectivity index is 1.61. The van der Waals surface area contributed by atoms with E-state index >= 15 is 0 Å². The second-order valence-electron chi connectivity index (χ2n) is 5.53. The first-order valence-electron chi connectivity index (χ1n) is 7.27. The van der Waals surface area contributed by atoms with Gasteiger partial charge in [-0.3, -0.25) is 9.59 Å². The molecule has 1 aliphatic carbocycles. The van der Waals surface area contributed by atoms with Crippen molar-refractivity contribution in [2.24, 2.45) is 5.92 Å². The number of benzene rings is 1. The summed E-state index contributed by atoms with van der Waals surface area (Å²) in [7, 11) is 0. The van der Waals surface area contributed by atoms with Crippen LogP contribution in [0.4, 0.5) is 0 Å². The first-order valence-corrected chi connectivity index (χ1v) is 7.27. The molecule has 106 valence electrons. The lowest BCUT2D eigenvalue weighted by Crippen LogP contribution is -2.27. The average Bonchev–Trinajstić information content (AvgIpc) is 3.09. The average molecular weight is 273 g/mol. The molecular weight excluding hydrogens is 254 g/mol. The number of carbonyl (C=O) groups excluding carboxylic acids is 2. The molecule has 4 nitrogen and oxygen atoms in total. The lowest BCUT2D eigenvalue weighted by atomic mass is 10.0. The van der Waals surface area contributed by atoms with E-state index in [1.807, 2.05) is 12.1 Å². The topological polar surface area (TPSA) is 55.4 Å². The number of nitrogens with one attached hydrogen (secondary N) is 1. The van der Waals surface area contributed by atoms with Gasteiger partial charge in [0.1, 0.15) is 0 Å². The summed E-state index contributed by atoms with van der Waals surface area (Å²) in [6, 6.07) is 5.42. The fourth-order valence-corrected chi connectivity index (χ4v) is 3.00. The maximum absolute atomic E-state index is 12.2. The highest BCUT2D eigenvalue weighted by atomic mass is 16.5. The third-order valence-corrected chi connectivity index (χ3v) is 4.19. The molecule has 1 aromatic carbocycles. The highest BCUT2D eigenvalue weighted by Crippen LogP contribution is 2.25. The molecule has 4 heteroatoms. The van der Waals surface area contributed by atoms with E-state index in [0.717, 1.165) is 37.2 Å². The number of Topliss-reactive ketones (excluding diaryl/α,β-unsaturated/α-hetero) is 1. The predicted octanol–water partition coefficient (Wildman–Crippen LogP) is 1.97. The molecule has 1 atom stereocenters. The van der Waals surface area contributed by atoms with Crippen molar-refractivity contribution in [1.29, 1.82) is 0 Å². The number of ketones is 1. The normalized spacial score (nSPS) is 21.0. The zero-order valence-electron chi connectivity index (χ0n) is 11.5. The van der Waals surface area contributed by atoms with E-state index < -0.39 is 0 Å². The van der Waals surface area contributed by atoms with Crippen LogP contribution in [-0.2, 0) is 11.2 Å². The second-order valence-corrected chi connectivity index (χ2v) is 5.53. The molecule has 20 heavy (non-hydrogen) atoms. The number of fused-ring (bicyclic) bond motifs is 1. The van der Waals surface area contributed by atoms with E-state index in [1.165, 1.54) is 0 Å². The van der Waals surface area contributed by atoms with Crippen LogP contribution in [0.5, 0.6) is 0 Å². The number of ether oxygens (including phenoxy) is 1. The van der Waals surface area contributed by atoms with Crippen LogP contribution in [0, 0.1) is 5.92 Å². The van der Waals surface area contributed by atoms with Gasteiger partial charge in [-0.25, -0.2) is 0 Å².